The van der Waals surface area contributed by atoms with Crippen molar-refractivity contribution in [2.24, 2.45) is 11.3 Å². The summed E-state index contributed by atoms with van der Waals surface area (Å²) in [7, 11) is 0. The van der Waals surface area contributed by atoms with Crippen molar-refractivity contribution in [3.05, 3.63) is 29.8 Å². The summed E-state index contributed by atoms with van der Waals surface area (Å²) in [6.07, 6.45) is 4.71. The van der Waals surface area contributed by atoms with E-state index in [1.54, 1.807) is 13.0 Å². The van der Waals surface area contributed by atoms with Gasteiger partial charge >= 0.3 is 5.97 Å². The second-order valence-electron chi connectivity index (χ2n) is 7.41. The summed E-state index contributed by atoms with van der Waals surface area (Å²) in [5.41, 5.74) is 0.989. The van der Waals surface area contributed by atoms with Crippen molar-refractivity contribution in [2.75, 3.05) is 6.54 Å². The summed E-state index contributed by atoms with van der Waals surface area (Å²) in [5.74, 6) is -0.444. The quantitative estimate of drug-likeness (QED) is 0.756. The van der Waals surface area contributed by atoms with Gasteiger partial charge in [-0.1, -0.05) is 26.0 Å². The number of thioether (sulfide) groups is 1. The zero-order valence-corrected chi connectivity index (χ0v) is 15.5. The van der Waals surface area contributed by atoms with Gasteiger partial charge in [-0.3, -0.25) is 9.59 Å². The van der Waals surface area contributed by atoms with Crippen molar-refractivity contribution < 1.29 is 14.7 Å². The first-order valence-corrected chi connectivity index (χ1v) is 9.43. The average molecular weight is 349 g/mol. The van der Waals surface area contributed by atoms with Crippen LogP contribution in [0.4, 0.5) is 0 Å². The Morgan fingerprint density at radius 3 is 2.54 bits per heavy atom. The van der Waals surface area contributed by atoms with Gasteiger partial charge in [-0.25, -0.2) is 0 Å². The maximum Gasteiger partial charge on any atom is 0.316 e. The van der Waals surface area contributed by atoms with Crippen molar-refractivity contribution >= 4 is 23.6 Å². The van der Waals surface area contributed by atoms with Crippen molar-refractivity contribution in [3.63, 3.8) is 0 Å². The van der Waals surface area contributed by atoms with E-state index in [2.05, 4.69) is 19.2 Å². The maximum absolute atomic E-state index is 12.5. The monoisotopic (exact) mass is 349 g/mol. The number of benzene rings is 1. The van der Waals surface area contributed by atoms with Crippen LogP contribution < -0.4 is 5.32 Å². The van der Waals surface area contributed by atoms with Crippen LogP contribution in [0.3, 0.4) is 0 Å². The number of carbonyl (C=O) groups excluding carboxylic acids is 1. The highest BCUT2D eigenvalue weighted by molar-refractivity contribution is 8.00. The van der Waals surface area contributed by atoms with Crippen LogP contribution in [0.1, 0.15) is 56.8 Å². The van der Waals surface area contributed by atoms with E-state index in [1.165, 1.54) is 24.6 Å². The number of carbonyl (C=O) groups is 2. The van der Waals surface area contributed by atoms with Crippen LogP contribution >= 0.6 is 11.8 Å². The number of carboxylic acids is 1. The molecule has 1 atom stereocenters. The highest BCUT2D eigenvalue weighted by atomic mass is 32.2. The molecular weight excluding hydrogens is 322 g/mol. The smallest absolute Gasteiger partial charge is 0.316 e. The van der Waals surface area contributed by atoms with Crippen LogP contribution in [0.5, 0.6) is 0 Å². The van der Waals surface area contributed by atoms with Crippen LogP contribution in [0.15, 0.2) is 29.2 Å². The van der Waals surface area contributed by atoms with Gasteiger partial charge in [0.2, 0.25) is 0 Å². The summed E-state index contributed by atoms with van der Waals surface area (Å²) in [5, 5.41) is 11.5. The fourth-order valence-electron chi connectivity index (χ4n) is 2.99. The van der Waals surface area contributed by atoms with Gasteiger partial charge in [0.25, 0.3) is 5.91 Å². The number of rotatable bonds is 6. The third kappa shape index (κ3) is 5.26. The zero-order chi connectivity index (χ0) is 17.7. The molecule has 5 heteroatoms. The molecule has 1 aliphatic rings. The first-order chi connectivity index (χ1) is 11.3. The van der Waals surface area contributed by atoms with Crippen molar-refractivity contribution in [2.45, 2.75) is 56.6 Å². The van der Waals surface area contributed by atoms with Gasteiger partial charge < -0.3 is 10.4 Å². The van der Waals surface area contributed by atoms with Crippen LogP contribution in [0, 0.1) is 11.3 Å². The van der Waals surface area contributed by atoms with Crippen molar-refractivity contribution in [1.29, 1.82) is 0 Å². The number of nitrogens with one attached hydrogen (secondary N) is 1. The van der Waals surface area contributed by atoms with Crippen LogP contribution in [-0.4, -0.2) is 28.8 Å². The van der Waals surface area contributed by atoms with E-state index in [0.29, 0.717) is 23.4 Å². The molecule has 1 amide bonds. The van der Waals surface area contributed by atoms with Gasteiger partial charge in [-0.2, -0.15) is 0 Å². The molecule has 0 spiro atoms. The van der Waals surface area contributed by atoms with Gasteiger partial charge in [0.1, 0.15) is 5.25 Å². The fourth-order valence-corrected chi connectivity index (χ4v) is 3.92. The molecule has 1 aromatic rings. The molecule has 0 bridgehead atoms. The van der Waals surface area contributed by atoms with E-state index in [0.717, 1.165) is 17.7 Å². The van der Waals surface area contributed by atoms with Crippen LogP contribution in [0.25, 0.3) is 0 Å². The molecule has 0 aliphatic heterocycles. The van der Waals surface area contributed by atoms with E-state index in [9.17, 15) is 9.59 Å². The van der Waals surface area contributed by atoms with E-state index in [4.69, 9.17) is 5.11 Å². The zero-order valence-electron chi connectivity index (χ0n) is 14.7. The highest BCUT2D eigenvalue weighted by Crippen LogP contribution is 2.37. The third-order valence-electron chi connectivity index (χ3n) is 4.79. The molecule has 1 aromatic carbocycles. The molecule has 0 heterocycles. The lowest BCUT2D eigenvalue weighted by atomic mass is 9.73. The summed E-state index contributed by atoms with van der Waals surface area (Å²) in [6.45, 7) is 6.94. The highest BCUT2D eigenvalue weighted by Gasteiger charge is 2.27. The molecule has 1 aliphatic carbocycles. The molecule has 0 aromatic heterocycles. The molecule has 0 radical (unpaired) electrons. The normalized spacial score (nSPS) is 18.8. The lowest BCUT2D eigenvalue weighted by Gasteiger charge is -2.34. The van der Waals surface area contributed by atoms with Crippen LogP contribution in [0.2, 0.25) is 0 Å². The van der Waals surface area contributed by atoms with E-state index in [1.807, 2.05) is 18.2 Å². The largest absolute Gasteiger partial charge is 0.480 e. The lowest BCUT2D eigenvalue weighted by molar-refractivity contribution is -0.136. The maximum atomic E-state index is 12.5. The minimum absolute atomic E-state index is 0.111. The minimum atomic E-state index is -0.875. The second kappa shape index (κ2) is 8.06. The predicted octanol–water partition coefficient (Wildman–Crippen LogP) is 4.20. The number of aliphatic carboxylic acids is 1. The van der Waals surface area contributed by atoms with E-state index in [-0.39, 0.29) is 5.91 Å². The Kier molecular flexibility index (Phi) is 6.33. The summed E-state index contributed by atoms with van der Waals surface area (Å²) < 4.78 is 0. The number of hydrogen-bond donors (Lipinski definition) is 2. The van der Waals surface area contributed by atoms with Gasteiger partial charge in [0.05, 0.1) is 5.56 Å². The SMILES string of the molecule is CC(Sc1ccccc1C(=O)NCC1CCC(C)(C)CC1)C(=O)O. The third-order valence-corrected chi connectivity index (χ3v) is 5.96. The number of amides is 1. The van der Waals surface area contributed by atoms with Gasteiger partial charge in [-0.05, 0) is 56.1 Å². The standard InChI is InChI=1S/C19H27NO3S/c1-13(18(22)23)24-16-7-5-4-6-15(16)17(21)20-12-14-8-10-19(2,3)11-9-14/h4-7,13-14H,8-12H2,1-3H3,(H,20,21)(H,22,23). The van der Waals surface area contributed by atoms with Crippen molar-refractivity contribution in [3.8, 4) is 0 Å². The molecule has 2 rings (SSSR count). The summed E-state index contributed by atoms with van der Waals surface area (Å²) >= 11 is 1.21. The Hall–Kier alpha value is -1.49. The van der Waals surface area contributed by atoms with E-state index < -0.39 is 11.2 Å². The molecule has 132 valence electrons. The molecule has 1 saturated carbocycles. The Morgan fingerprint density at radius 2 is 1.92 bits per heavy atom. The Morgan fingerprint density at radius 1 is 1.29 bits per heavy atom. The first kappa shape index (κ1) is 18.8. The lowest BCUT2D eigenvalue weighted by Crippen LogP contribution is -2.33. The summed E-state index contributed by atoms with van der Waals surface area (Å²) in [4.78, 5) is 24.3. The molecular formula is C19H27NO3S. The predicted molar refractivity (Wildman–Crippen MR) is 97.5 cm³/mol. The molecule has 0 saturated heterocycles. The molecule has 1 fully saturated rings. The second-order valence-corrected chi connectivity index (χ2v) is 8.79. The van der Waals surface area contributed by atoms with Crippen LogP contribution in [-0.2, 0) is 4.79 Å². The molecule has 24 heavy (non-hydrogen) atoms. The Bertz CT molecular complexity index is 590. The van der Waals surface area contributed by atoms with Gasteiger partial charge in [-0.15, -0.1) is 11.8 Å². The molecule has 2 N–H and O–H groups in total. The molecule has 4 nitrogen and oxygen atoms in total. The Labute approximate surface area is 148 Å². The van der Waals surface area contributed by atoms with E-state index >= 15 is 0 Å². The van der Waals surface area contributed by atoms with Gasteiger partial charge in [0, 0.05) is 11.4 Å². The number of carboxylic acid groups (broad SMARTS) is 1. The Balaban J connectivity index is 1.94. The van der Waals surface area contributed by atoms with Crippen molar-refractivity contribution in [1.82, 2.24) is 5.32 Å². The molecule has 1 unspecified atom stereocenters. The minimum Gasteiger partial charge on any atom is -0.480 e. The topological polar surface area (TPSA) is 66.4 Å². The van der Waals surface area contributed by atoms with Gasteiger partial charge in [0.15, 0.2) is 0 Å². The number of hydrogen-bond acceptors (Lipinski definition) is 3. The fraction of sp³-hybridized carbons (Fsp3) is 0.579. The average Bonchev–Trinajstić information content (AvgIpc) is 2.54. The summed E-state index contributed by atoms with van der Waals surface area (Å²) in [6, 6.07) is 7.21. The first-order valence-electron chi connectivity index (χ1n) is 8.55.